The van der Waals surface area contributed by atoms with E-state index in [-0.39, 0.29) is 50.7 Å². The SMILES string of the molecule is CC(C)C#CCNC(=O)COCCO[C@@](C)(COc1cccc(C(=O)NCCOCCOCCOCCCCC(C)C)c1)SC#N. The molecule has 0 spiro atoms. The lowest BCUT2D eigenvalue weighted by atomic mass is 10.1. The Kier molecular flexibility index (Phi) is 23.5. The number of thioether (sulfide) groups is 1. The lowest BCUT2D eigenvalue weighted by Crippen LogP contribution is -2.34. The Morgan fingerprint density at radius 3 is 2.30 bits per heavy atom. The Bertz CT molecular complexity index is 1090. The fraction of sp³-hybridized carbons (Fsp3) is 0.676. The van der Waals surface area contributed by atoms with Gasteiger partial charge >= 0.3 is 0 Å². The topological polar surface area (TPSA) is 137 Å². The number of carbonyl (C=O) groups excluding carboxylic acids is 2. The third-order valence-corrected chi connectivity index (χ3v) is 6.85. The summed E-state index contributed by atoms with van der Waals surface area (Å²) in [6.07, 6.45) is 3.51. The van der Waals surface area contributed by atoms with Gasteiger partial charge in [0, 0.05) is 24.6 Å². The molecule has 0 aliphatic rings. The van der Waals surface area contributed by atoms with Crippen molar-refractivity contribution in [1.29, 1.82) is 5.26 Å². The minimum Gasteiger partial charge on any atom is -0.490 e. The van der Waals surface area contributed by atoms with Gasteiger partial charge in [-0.2, -0.15) is 5.26 Å². The Morgan fingerprint density at radius 2 is 1.61 bits per heavy atom. The van der Waals surface area contributed by atoms with Crippen LogP contribution < -0.4 is 15.4 Å². The van der Waals surface area contributed by atoms with Crippen molar-refractivity contribution in [3.05, 3.63) is 29.8 Å². The number of amides is 2. The van der Waals surface area contributed by atoms with Crippen LogP contribution in [0.25, 0.3) is 0 Å². The van der Waals surface area contributed by atoms with E-state index in [1.807, 2.05) is 19.2 Å². The van der Waals surface area contributed by atoms with E-state index < -0.39 is 4.93 Å². The van der Waals surface area contributed by atoms with Crippen molar-refractivity contribution in [3.8, 4) is 23.0 Å². The molecule has 0 radical (unpaired) electrons. The summed E-state index contributed by atoms with van der Waals surface area (Å²) in [6, 6.07) is 6.76. The fourth-order valence-electron chi connectivity index (χ4n) is 3.71. The second-order valence-corrected chi connectivity index (χ2v) is 12.5. The maximum Gasteiger partial charge on any atom is 0.251 e. The van der Waals surface area contributed by atoms with Crippen LogP contribution in [0.5, 0.6) is 5.75 Å². The molecule has 1 atom stereocenters. The predicted octanol–water partition coefficient (Wildman–Crippen LogP) is 4.41. The number of nitrogens with one attached hydrogen (secondary N) is 2. The van der Waals surface area contributed by atoms with Crippen molar-refractivity contribution in [2.75, 3.05) is 79.2 Å². The van der Waals surface area contributed by atoms with E-state index in [9.17, 15) is 14.9 Å². The van der Waals surface area contributed by atoms with E-state index >= 15 is 0 Å². The maximum atomic E-state index is 12.6. The minimum absolute atomic E-state index is 0.0473. The molecule has 1 aromatic rings. The molecular formula is C34H53N3O8S. The van der Waals surface area contributed by atoms with Crippen molar-refractivity contribution in [1.82, 2.24) is 10.6 Å². The molecule has 0 unspecified atom stereocenters. The lowest BCUT2D eigenvalue weighted by Gasteiger charge is -2.26. The van der Waals surface area contributed by atoms with Crippen molar-refractivity contribution in [3.63, 3.8) is 0 Å². The largest absolute Gasteiger partial charge is 0.490 e. The molecule has 0 aliphatic carbocycles. The summed E-state index contributed by atoms with van der Waals surface area (Å²) in [6.45, 7) is 14.2. The Labute approximate surface area is 279 Å². The summed E-state index contributed by atoms with van der Waals surface area (Å²) in [5.74, 6) is 6.76. The molecule has 2 amide bonds. The summed E-state index contributed by atoms with van der Waals surface area (Å²) in [5, 5.41) is 16.8. The molecule has 1 rings (SSSR count). The quantitative estimate of drug-likeness (QED) is 0.0635. The zero-order chi connectivity index (χ0) is 33.9. The highest BCUT2D eigenvalue weighted by Gasteiger charge is 2.28. The van der Waals surface area contributed by atoms with Crippen LogP contribution >= 0.6 is 11.8 Å². The van der Waals surface area contributed by atoms with Gasteiger partial charge in [-0.15, -0.1) is 0 Å². The molecule has 1 aromatic carbocycles. The van der Waals surface area contributed by atoms with Gasteiger partial charge in [-0.05, 0) is 49.2 Å². The Morgan fingerprint density at radius 1 is 0.913 bits per heavy atom. The summed E-state index contributed by atoms with van der Waals surface area (Å²) in [5.41, 5.74) is 0.433. The zero-order valence-electron chi connectivity index (χ0n) is 28.2. The van der Waals surface area contributed by atoms with E-state index in [1.54, 1.807) is 31.2 Å². The average molecular weight is 664 g/mol. The van der Waals surface area contributed by atoms with Crippen LogP contribution in [0.2, 0.25) is 0 Å². The molecule has 0 bridgehead atoms. The van der Waals surface area contributed by atoms with Gasteiger partial charge in [0.05, 0.1) is 52.8 Å². The standard InChI is InChI=1S/C34H53N3O8S/c1-28(2)10-6-7-16-40-18-20-42-21-19-41-17-15-37-33(39)30-12-8-13-31(24-30)44-26-34(5,46-27-35)45-23-22-43-25-32(38)36-14-9-11-29(3)4/h8,12-13,24,28-29H,6-7,10,14-23,25-26H2,1-5H3,(H,36,38)(H,37,39)/t34-/m1/s1. The third-order valence-electron chi connectivity index (χ3n) is 6.09. The molecule has 0 fully saturated rings. The Hall–Kier alpha value is -2.84. The number of benzene rings is 1. The van der Waals surface area contributed by atoms with E-state index in [0.29, 0.717) is 50.9 Å². The molecule has 11 nitrogen and oxygen atoms in total. The number of nitrogens with zero attached hydrogens (tertiary/aromatic N) is 1. The Balaban J connectivity index is 2.24. The van der Waals surface area contributed by atoms with Crippen molar-refractivity contribution in [2.24, 2.45) is 11.8 Å². The van der Waals surface area contributed by atoms with Crippen molar-refractivity contribution in [2.45, 2.75) is 58.8 Å². The molecule has 258 valence electrons. The number of nitriles is 1. The zero-order valence-corrected chi connectivity index (χ0v) is 29.0. The van der Waals surface area contributed by atoms with Gasteiger partial charge in [-0.1, -0.05) is 58.4 Å². The third kappa shape index (κ3) is 22.6. The molecule has 0 aromatic heterocycles. The first-order chi connectivity index (χ1) is 22.1. The van der Waals surface area contributed by atoms with Crippen LogP contribution in [0.15, 0.2) is 24.3 Å². The molecule has 12 heteroatoms. The van der Waals surface area contributed by atoms with Gasteiger partial charge in [0.15, 0.2) is 4.93 Å². The van der Waals surface area contributed by atoms with Crippen molar-refractivity contribution >= 4 is 23.6 Å². The number of unbranched alkanes of at least 4 members (excludes halogenated alkanes) is 1. The number of rotatable bonds is 26. The smallest absolute Gasteiger partial charge is 0.251 e. The van der Waals surface area contributed by atoms with Gasteiger partial charge in [0.2, 0.25) is 5.91 Å². The van der Waals surface area contributed by atoms with Crippen LogP contribution in [0.4, 0.5) is 0 Å². The lowest BCUT2D eigenvalue weighted by molar-refractivity contribution is -0.126. The van der Waals surface area contributed by atoms with Gasteiger partial charge < -0.3 is 39.1 Å². The first-order valence-corrected chi connectivity index (χ1v) is 16.7. The van der Waals surface area contributed by atoms with Crippen LogP contribution in [0.1, 0.15) is 64.2 Å². The normalized spacial score (nSPS) is 12.2. The summed E-state index contributed by atoms with van der Waals surface area (Å²) < 4.78 is 33.7. The predicted molar refractivity (Wildman–Crippen MR) is 179 cm³/mol. The molecule has 0 saturated heterocycles. The molecule has 0 saturated carbocycles. The molecule has 0 aliphatic heterocycles. The molecule has 46 heavy (non-hydrogen) atoms. The second-order valence-electron chi connectivity index (χ2n) is 11.3. The van der Waals surface area contributed by atoms with Gasteiger partial charge in [0.25, 0.3) is 5.91 Å². The highest BCUT2D eigenvalue weighted by molar-refractivity contribution is 8.04. The first kappa shape index (κ1) is 41.2. The monoisotopic (exact) mass is 663 g/mol. The molecule has 2 N–H and O–H groups in total. The van der Waals surface area contributed by atoms with E-state index in [4.69, 9.17) is 28.4 Å². The van der Waals surface area contributed by atoms with E-state index in [1.165, 1.54) is 12.8 Å². The van der Waals surface area contributed by atoms with Gasteiger partial charge in [0.1, 0.15) is 24.4 Å². The first-order valence-electron chi connectivity index (χ1n) is 15.9. The summed E-state index contributed by atoms with van der Waals surface area (Å²) >= 11 is 0.915. The summed E-state index contributed by atoms with van der Waals surface area (Å²) in [7, 11) is 0. The van der Waals surface area contributed by atoms with Crippen LogP contribution in [-0.2, 0) is 28.5 Å². The maximum absolute atomic E-state index is 12.6. The van der Waals surface area contributed by atoms with Crippen LogP contribution in [-0.4, -0.2) is 95.9 Å². The number of hydrogen-bond donors (Lipinski definition) is 2. The van der Waals surface area contributed by atoms with Crippen molar-refractivity contribution < 1.29 is 38.0 Å². The van der Waals surface area contributed by atoms with Crippen LogP contribution in [0, 0.1) is 34.3 Å². The number of thiocyanates is 1. The number of ether oxygens (including phenoxy) is 6. The van der Waals surface area contributed by atoms with E-state index in [2.05, 4.69) is 36.3 Å². The number of carbonyl (C=O) groups is 2. The molecular weight excluding hydrogens is 610 g/mol. The van der Waals surface area contributed by atoms with Crippen LogP contribution in [0.3, 0.4) is 0 Å². The number of hydrogen-bond acceptors (Lipinski definition) is 10. The summed E-state index contributed by atoms with van der Waals surface area (Å²) in [4.78, 5) is 23.4. The average Bonchev–Trinajstić information content (AvgIpc) is 3.02. The highest BCUT2D eigenvalue weighted by Crippen LogP contribution is 2.27. The molecule has 0 heterocycles. The fourth-order valence-corrected chi connectivity index (χ4v) is 4.16. The highest BCUT2D eigenvalue weighted by atomic mass is 32.2. The van der Waals surface area contributed by atoms with E-state index in [0.717, 1.165) is 30.7 Å². The minimum atomic E-state index is -0.994. The second kappa shape index (κ2) is 26.3. The van der Waals surface area contributed by atoms with Gasteiger partial charge in [-0.3, -0.25) is 9.59 Å². The van der Waals surface area contributed by atoms with Gasteiger partial charge in [-0.25, -0.2) is 0 Å².